The Morgan fingerprint density at radius 1 is 1.26 bits per heavy atom. The van der Waals surface area contributed by atoms with Crippen LogP contribution >= 0.6 is 11.6 Å². The molecule has 1 aliphatic rings. The molecule has 0 saturated carbocycles. The summed E-state index contributed by atoms with van der Waals surface area (Å²) in [5.74, 6) is 0.262. The maximum Gasteiger partial charge on any atom is 0.246 e. The van der Waals surface area contributed by atoms with Crippen molar-refractivity contribution in [2.75, 3.05) is 20.2 Å². The zero-order valence-corrected chi connectivity index (χ0v) is 15.9. The van der Waals surface area contributed by atoms with Crippen LogP contribution in [0.5, 0.6) is 5.75 Å². The zero-order valence-electron chi connectivity index (χ0n) is 14.3. The van der Waals surface area contributed by atoms with Gasteiger partial charge >= 0.3 is 0 Å². The Hall–Kier alpha value is -2.50. The molecule has 142 valence electrons. The van der Waals surface area contributed by atoms with Crippen molar-refractivity contribution in [1.82, 2.24) is 34.3 Å². The van der Waals surface area contributed by atoms with E-state index in [1.807, 2.05) is 0 Å². The summed E-state index contributed by atoms with van der Waals surface area (Å²) in [7, 11) is -2.28. The first kappa shape index (κ1) is 17.9. The highest BCUT2D eigenvalue weighted by Crippen LogP contribution is 2.34. The number of benzene rings is 1. The number of halogens is 1. The second-order valence-corrected chi connectivity index (χ2v) is 8.36. The Morgan fingerprint density at radius 2 is 2.00 bits per heavy atom. The molecule has 4 rings (SSSR count). The number of rotatable bonds is 6. The number of hydrogen-bond acceptors (Lipinski definition) is 7. The van der Waals surface area contributed by atoms with Crippen LogP contribution in [0.3, 0.4) is 0 Å². The largest absolute Gasteiger partial charge is 0.495 e. The van der Waals surface area contributed by atoms with Crippen molar-refractivity contribution < 1.29 is 13.2 Å². The van der Waals surface area contributed by atoms with Gasteiger partial charge in [-0.05, 0) is 18.2 Å². The normalized spacial score (nSPS) is 15.6. The van der Waals surface area contributed by atoms with Gasteiger partial charge in [0.1, 0.15) is 22.9 Å². The molecule has 3 aromatic rings. The van der Waals surface area contributed by atoms with Crippen LogP contribution in [0, 0.1) is 0 Å². The van der Waals surface area contributed by atoms with E-state index in [1.54, 1.807) is 35.4 Å². The molecule has 1 aliphatic heterocycles. The molecule has 0 aliphatic carbocycles. The Morgan fingerprint density at radius 3 is 2.70 bits per heavy atom. The first-order chi connectivity index (χ1) is 13.0. The Labute approximate surface area is 160 Å². The van der Waals surface area contributed by atoms with E-state index in [2.05, 4.69) is 20.5 Å². The highest BCUT2D eigenvalue weighted by molar-refractivity contribution is 7.89. The molecule has 1 fully saturated rings. The number of aromatic nitrogens is 6. The number of sulfonamides is 1. The molecule has 3 heterocycles. The van der Waals surface area contributed by atoms with Crippen LogP contribution < -0.4 is 4.74 Å². The van der Waals surface area contributed by atoms with Crippen molar-refractivity contribution in [2.45, 2.75) is 17.5 Å². The smallest absolute Gasteiger partial charge is 0.246 e. The van der Waals surface area contributed by atoms with Gasteiger partial charge in [0.05, 0.1) is 31.7 Å². The van der Waals surface area contributed by atoms with E-state index >= 15 is 0 Å². The quantitative estimate of drug-likeness (QED) is 0.593. The standard InChI is InChI=1S/C15H16ClN7O3S/c1-26-14-3-2-11(16)6-15(14)27(24,25)21-9-13(10-21)22-7-12(19-20-22)8-23-17-4-5-18-23/h2-7,13H,8-10H2,1H3. The van der Waals surface area contributed by atoms with E-state index in [-0.39, 0.29) is 16.7 Å². The summed E-state index contributed by atoms with van der Waals surface area (Å²) in [5, 5.41) is 16.5. The van der Waals surface area contributed by atoms with Gasteiger partial charge in [-0.25, -0.2) is 13.1 Å². The molecule has 0 unspecified atom stereocenters. The molecular weight excluding hydrogens is 394 g/mol. The van der Waals surface area contributed by atoms with Crippen molar-refractivity contribution in [3.05, 3.63) is 47.5 Å². The van der Waals surface area contributed by atoms with Crippen LogP contribution in [0.25, 0.3) is 0 Å². The molecule has 10 nitrogen and oxygen atoms in total. The van der Waals surface area contributed by atoms with Crippen LogP contribution in [0.4, 0.5) is 0 Å². The molecule has 12 heteroatoms. The molecule has 0 amide bonds. The summed E-state index contributed by atoms with van der Waals surface area (Å²) < 4.78 is 33.9. The summed E-state index contributed by atoms with van der Waals surface area (Å²) in [6.45, 7) is 0.989. The van der Waals surface area contributed by atoms with E-state index in [4.69, 9.17) is 16.3 Å². The third-order valence-corrected chi connectivity index (χ3v) is 6.36. The first-order valence-electron chi connectivity index (χ1n) is 8.06. The van der Waals surface area contributed by atoms with Crippen LogP contribution in [-0.4, -0.2) is 62.9 Å². The first-order valence-corrected chi connectivity index (χ1v) is 9.87. The minimum absolute atomic E-state index is 0.0555. The Kier molecular flexibility index (Phi) is 4.58. The lowest BCUT2D eigenvalue weighted by molar-refractivity contribution is 0.188. The van der Waals surface area contributed by atoms with Crippen molar-refractivity contribution in [1.29, 1.82) is 0 Å². The molecule has 0 N–H and O–H groups in total. The lowest BCUT2D eigenvalue weighted by Gasteiger charge is -2.37. The van der Waals surface area contributed by atoms with Crippen molar-refractivity contribution in [2.24, 2.45) is 0 Å². The van der Waals surface area contributed by atoms with Gasteiger partial charge < -0.3 is 4.74 Å². The summed E-state index contributed by atoms with van der Waals surface area (Å²) in [6, 6.07) is 4.44. The molecular formula is C15H16ClN7O3S. The number of methoxy groups -OCH3 is 1. The third kappa shape index (κ3) is 3.40. The van der Waals surface area contributed by atoms with Crippen molar-refractivity contribution in [3.8, 4) is 5.75 Å². The van der Waals surface area contributed by atoms with Gasteiger partial charge in [-0.1, -0.05) is 16.8 Å². The zero-order chi connectivity index (χ0) is 19.0. The lowest BCUT2D eigenvalue weighted by Crippen LogP contribution is -2.50. The lowest BCUT2D eigenvalue weighted by atomic mass is 10.2. The van der Waals surface area contributed by atoms with E-state index in [0.717, 1.165) is 0 Å². The summed E-state index contributed by atoms with van der Waals surface area (Å²) in [4.78, 5) is 1.55. The van der Waals surface area contributed by atoms with Crippen LogP contribution in [0.15, 0.2) is 41.7 Å². The van der Waals surface area contributed by atoms with E-state index in [0.29, 0.717) is 30.4 Å². The fourth-order valence-electron chi connectivity index (χ4n) is 2.81. The molecule has 1 aromatic carbocycles. The highest BCUT2D eigenvalue weighted by Gasteiger charge is 2.39. The molecule has 27 heavy (non-hydrogen) atoms. The van der Waals surface area contributed by atoms with Crippen molar-refractivity contribution >= 4 is 21.6 Å². The molecule has 0 bridgehead atoms. The number of hydrogen-bond donors (Lipinski definition) is 0. The Balaban J connectivity index is 1.46. The molecule has 1 saturated heterocycles. The average molecular weight is 410 g/mol. The van der Waals surface area contributed by atoms with Gasteiger partial charge in [0.15, 0.2) is 0 Å². The second-order valence-electron chi connectivity index (χ2n) is 6.02. The SMILES string of the molecule is COc1ccc(Cl)cc1S(=O)(=O)N1CC(n2cc(Cn3nccn3)nn2)C1. The molecule has 0 atom stereocenters. The molecule has 2 aromatic heterocycles. The number of nitrogens with zero attached hydrogens (tertiary/aromatic N) is 7. The maximum absolute atomic E-state index is 12.9. The predicted molar refractivity (Wildman–Crippen MR) is 94.9 cm³/mol. The van der Waals surface area contributed by atoms with Crippen molar-refractivity contribution in [3.63, 3.8) is 0 Å². The monoisotopic (exact) mass is 409 g/mol. The molecule has 0 spiro atoms. The van der Waals surface area contributed by atoms with Gasteiger partial charge in [0, 0.05) is 18.1 Å². The predicted octanol–water partition coefficient (Wildman–Crippen LogP) is 0.825. The van der Waals surface area contributed by atoms with E-state index in [9.17, 15) is 8.42 Å². The average Bonchev–Trinajstić information content (AvgIpc) is 3.26. The minimum atomic E-state index is -3.70. The highest BCUT2D eigenvalue weighted by atomic mass is 35.5. The fraction of sp³-hybridized carbons (Fsp3) is 0.333. The maximum atomic E-state index is 12.9. The summed E-state index contributed by atoms with van der Waals surface area (Å²) in [5.41, 5.74) is 0.698. The van der Waals surface area contributed by atoms with Gasteiger partial charge in [-0.15, -0.1) is 5.10 Å². The Bertz CT molecular complexity index is 1050. The van der Waals surface area contributed by atoms with Gasteiger partial charge in [0.25, 0.3) is 0 Å². The third-order valence-electron chi connectivity index (χ3n) is 4.27. The second kappa shape index (κ2) is 6.91. The topological polar surface area (TPSA) is 108 Å². The van der Waals surface area contributed by atoms with Crippen LogP contribution in [-0.2, 0) is 16.6 Å². The van der Waals surface area contributed by atoms with Gasteiger partial charge in [-0.2, -0.15) is 19.3 Å². The van der Waals surface area contributed by atoms with E-state index in [1.165, 1.54) is 22.3 Å². The fourth-order valence-corrected chi connectivity index (χ4v) is 4.74. The minimum Gasteiger partial charge on any atom is -0.495 e. The van der Waals surface area contributed by atoms with Gasteiger partial charge in [0.2, 0.25) is 10.0 Å². The van der Waals surface area contributed by atoms with Crippen LogP contribution in [0.2, 0.25) is 5.02 Å². The van der Waals surface area contributed by atoms with Crippen LogP contribution in [0.1, 0.15) is 11.7 Å². The van der Waals surface area contributed by atoms with Gasteiger partial charge in [-0.3, -0.25) is 0 Å². The number of ether oxygens (including phenoxy) is 1. The van der Waals surface area contributed by atoms with E-state index < -0.39 is 10.0 Å². The summed E-state index contributed by atoms with van der Waals surface area (Å²) in [6.07, 6.45) is 4.95. The summed E-state index contributed by atoms with van der Waals surface area (Å²) >= 11 is 5.96. The molecule has 0 radical (unpaired) electrons.